The average Bonchev–Trinajstić information content (AvgIpc) is 2.75. The third-order valence-corrected chi connectivity index (χ3v) is 6.62. The van der Waals surface area contributed by atoms with Crippen LogP contribution < -0.4 is 4.90 Å². The quantitative estimate of drug-likeness (QED) is 0.742. The first-order valence-electron chi connectivity index (χ1n) is 10.9. The molecule has 3 aliphatic rings. The predicted molar refractivity (Wildman–Crippen MR) is 111 cm³/mol. The van der Waals surface area contributed by atoms with Crippen LogP contribution in [0.3, 0.4) is 0 Å². The number of para-hydroxylation sites is 1. The Hall–Kier alpha value is -1.88. The smallest absolute Gasteiger partial charge is 0.225 e. The number of carbonyl (C=O) groups excluding carboxylic acids is 1. The van der Waals surface area contributed by atoms with Gasteiger partial charge in [-0.25, -0.2) is 4.39 Å². The van der Waals surface area contributed by atoms with Crippen LogP contribution >= 0.6 is 0 Å². The number of benzene rings is 1. The molecule has 4 rings (SSSR count). The molecule has 1 atom stereocenters. The van der Waals surface area contributed by atoms with Gasteiger partial charge in [-0.05, 0) is 63.2 Å². The van der Waals surface area contributed by atoms with E-state index in [1.807, 2.05) is 17.0 Å². The molecule has 0 bridgehead atoms. The van der Waals surface area contributed by atoms with Crippen molar-refractivity contribution in [1.29, 1.82) is 0 Å². The van der Waals surface area contributed by atoms with E-state index >= 15 is 0 Å². The molecule has 1 aliphatic carbocycles. The Balaban J connectivity index is 1.23. The molecule has 152 valence electrons. The highest BCUT2D eigenvalue weighted by molar-refractivity contribution is 5.79. The van der Waals surface area contributed by atoms with E-state index in [1.165, 1.54) is 31.9 Å². The van der Waals surface area contributed by atoms with Gasteiger partial charge in [0.05, 0.1) is 5.69 Å². The van der Waals surface area contributed by atoms with Gasteiger partial charge >= 0.3 is 0 Å². The largest absolute Gasteiger partial charge is 0.366 e. The molecule has 2 fully saturated rings. The van der Waals surface area contributed by atoms with E-state index in [-0.39, 0.29) is 11.7 Å². The summed E-state index contributed by atoms with van der Waals surface area (Å²) in [6.07, 6.45) is 10.3. The van der Waals surface area contributed by atoms with E-state index in [4.69, 9.17) is 0 Å². The number of likely N-dealkylation sites (tertiary alicyclic amines) is 1. The summed E-state index contributed by atoms with van der Waals surface area (Å²) in [5, 5.41) is 0. The molecule has 2 heterocycles. The monoisotopic (exact) mass is 385 g/mol. The zero-order chi connectivity index (χ0) is 19.3. The normalized spacial score (nSPS) is 24.5. The lowest BCUT2D eigenvalue weighted by molar-refractivity contribution is -0.137. The number of hydrogen-bond acceptors (Lipinski definition) is 3. The van der Waals surface area contributed by atoms with E-state index in [9.17, 15) is 9.18 Å². The summed E-state index contributed by atoms with van der Waals surface area (Å²) in [6, 6.07) is 6.91. The van der Waals surface area contributed by atoms with Crippen molar-refractivity contribution < 1.29 is 9.18 Å². The fraction of sp³-hybridized carbons (Fsp3) is 0.609. The zero-order valence-corrected chi connectivity index (χ0v) is 16.7. The minimum absolute atomic E-state index is 0.169. The minimum Gasteiger partial charge on any atom is -0.366 e. The van der Waals surface area contributed by atoms with E-state index in [2.05, 4.69) is 22.0 Å². The first kappa shape index (κ1) is 19.4. The maximum atomic E-state index is 14.0. The molecule has 0 radical (unpaired) electrons. The van der Waals surface area contributed by atoms with Gasteiger partial charge in [0.15, 0.2) is 0 Å². The summed E-state index contributed by atoms with van der Waals surface area (Å²) in [7, 11) is 0. The van der Waals surface area contributed by atoms with E-state index in [0.717, 1.165) is 31.8 Å². The summed E-state index contributed by atoms with van der Waals surface area (Å²) in [5.74, 6) is 1.10. The molecule has 1 aromatic carbocycles. The van der Waals surface area contributed by atoms with E-state index in [0.29, 0.717) is 37.8 Å². The second kappa shape index (κ2) is 9.08. The van der Waals surface area contributed by atoms with Gasteiger partial charge in [-0.15, -0.1) is 0 Å². The molecule has 0 saturated carbocycles. The lowest BCUT2D eigenvalue weighted by Gasteiger charge is -2.40. The van der Waals surface area contributed by atoms with Crippen molar-refractivity contribution in [2.75, 3.05) is 50.7 Å². The maximum absolute atomic E-state index is 14.0. The summed E-state index contributed by atoms with van der Waals surface area (Å²) in [5.41, 5.74) is 0.653. The number of piperidine rings is 1. The average molecular weight is 386 g/mol. The number of piperazine rings is 1. The number of halogens is 1. The molecular formula is C23H32FN3O. The highest BCUT2D eigenvalue weighted by Crippen LogP contribution is 2.25. The van der Waals surface area contributed by atoms with Crippen molar-refractivity contribution >= 4 is 11.6 Å². The molecule has 0 N–H and O–H groups in total. The van der Waals surface area contributed by atoms with Crippen LogP contribution in [0.25, 0.3) is 0 Å². The molecular weight excluding hydrogens is 353 g/mol. The Morgan fingerprint density at radius 2 is 1.71 bits per heavy atom. The summed E-state index contributed by atoms with van der Waals surface area (Å²) < 4.78 is 14.0. The summed E-state index contributed by atoms with van der Waals surface area (Å²) in [4.78, 5) is 19.6. The number of rotatable bonds is 4. The topological polar surface area (TPSA) is 26.8 Å². The highest BCUT2D eigenvalue weighted by Gasteiger charge is 2.31. The van der Waals surface area contributed by atoms with E-state index in [1.54, 1.807) is 6.07 Å². The summed E-state index contributed by atoms with van der Waals surface area (Å²) >= 11 is 0. The van der Waals surface area contributed by atoms with Crippen LogP contribution in [0.1, 0.15) is 32.1 Å². The third kappa shape index (κ3) is 4.57. The number of hydrogen-bond donors (Lipinski definition) is 0. The molecule has 2 aliphatic heterocycles. The molecule has 1 amide bonds. The van der Waals surface area contributed by atoms with Crippen molar-refractivity contribution in [3.63, 3.8) is 0 Å². The lowest BCUT2D eigenvalue weighted by atomic mass is 9.91. The van der Waals surface area contributed by atoms with E-state index < -0.39 is 0 Å². The molecule has 1 unspecified atom stereocenters. The molecule has 2 saturated heterocycles. The molecule has 4 nitrogen and oxygen atoms in total. The first-order valence-corrected chi connectivity index (χ1v) is 10.9. The standard InChI is InChI=1S/C23H32FN3O/c24-21-8-4-5-9-22(21)26-14-16-27(17-15-26)23(28)20-10-12-25(13-11-20)18-19-6-2-1-3-7-19/h1-2,4-5,8-9,19-20H,3,6-7,10-18H2. The second-order valence-corrected chi connectivity index (χ2v) is 8.49. The van der Waals surface area contributed by atoms with Crippen molar-refractivity contribution in [3.05, 3.63) is 42.2 Å². The number of carbonyl (C=O) groups is 1. The van der Waals surface area contributed by atoms with Gasteiger partial charge in [-0.3, -0.25) is 4.79 Å². The van der Waals surface area contributed by atoms with Crippen LogP contribution in [0.4, 0.5) is 10.1 Å². The van der Waals surface area contributed by atoms with Gasteiger partial charge in [-0.2, -0.15) is 0 Å². The van der Waals surface area contributed by atoms with Gasteiger partial charge in [0, 0.05) is 38.6 Å². The number of anilines is 1. The van der Waals surface area contributed by atoms with Crippen molar-refractivity contribution in [2.24, 2.45) is 11.8 Å². The van der Waals surface area contributed by atoms with Crippen LogP contribution in [-0.2, 0) is 4.79 Å². The van der Waals surface area contributed by atoms with Gasteiger partial charge in [0.1, 0.15) is 5.82 Å². The lowest BCUT2D eigenvalue weighted by Crippen LogP contribution is -2.52. The predicted octanol–water partition coefficient (Wildman–Crippen LogP) is 3.54. The number of nitrogens with zero attached hydrogens (tertiary/aromatic N) is 3. The van der Waals surface area contributed by atoms with Gasteiger partial charge in [-0.1, -0.05) is 24.3 Å². The Bertz CT molecular complexity index is 691. The van der Waals surface area contributed by atoms with Crippen LogP contribution in [-0.4, -0.2) is 61.5 Å². The Kier molecular flexibility index (Phi) is 6.30. The van der Waals surface area contributed by atoms with Crippen molar-refractivity contribution in [3.8, 4) is 0 Å². The fourth-order valence-electron chi connectivity index (χ4n) is 4.88. The highest BCUT2D eigenvalue weighted by atomic mass is 19.1. The number of amides is 1. The fourth-order valence-corrected chi connectivity index (χ4v) is 4.88. The van der Waals surface area contributed by atoms with Crippen LogP contribution in [0.15, 0.2) is 36.4 Å². The Morgan fingerprint density at radius 3 is 2.39 bits per heavy atom. The molecule has 0 spiro atoms. The SMILES string of the molecule is O=C(C1CCN(CC2CC=CCC2)CC1)N1CCN(c2ccccc2F)CC1. The van der Waals surface area contributed by atoms with Crippen molar-refractivity contribution in [1.82, 2.24) is 9.80 Å². The van der Waals surface area contributed by atoms with Gasteiger partial charge < -0.3 is 14.7 Å². The van der Waals surface area contributed by atoms with Crippen LogP contribution in [0.2, 0.25) is 0 Å². The van der Waals surface area contributed by atoms with Crippen LogP contribution in [0, 0.1) is 17.7 Å². The minimum atomic E-state index is -0.178. The molecule has 1 aromatic rings. The molecule has 0 aromatic heterocycles. The third-order valence-electron chi connectivity index (χ3n) is 6.62. The molecule has 5 heteroatoms. The Labute approximate surface area is 168 Å². The van der Waals surface area contributed by atoms with Gasteiger partial charge in [0.25, 0.3) is 0 Å². The maximum Gasteiger partial charge on any atom is 0.225 e. The molecule has 28 heavy (non-hydrogen) atoms. The first-order chi connectivity index (χ1) is 13.7. The second-order valence-electron chi connectivity index (χ2n) is 8.49. The summed E-state index contributed by atoms with van der Waals surface area (Å²) in [6.45, 7) is 6.09. The van der Waals surface area contributed by atoms with Crippen LogP contribution in [0.5, 0.6) is 0 Å². The number of allylic oxidation sites excluding steroid dienone is 2. The Morgan fingerprint density at radius 1 is 0.964 bits per heavy atom. The van der Waals surface area contributed by atoms with Crippen molar-refractivity contribution in [2.45, 2.75) is 32.1 Å². The zero-order valence-electron chi connectivity index (χ0n) is 16.7. The van der Waals surface area contributed by atoms with Gasteiger partial charge in [0.2, 0.25) is 5.91 Å².